The predicted octanol–water partition coefficient (Wildman–Crippen LogP) is 3.52. The van der Waals surface area contributed by atoms with Crippen LogP contribution in [-0.4, -0.2) is 25.3 Å². The van der Waals surface area contributed by atoms with E-state index in [2.05, 4.69) is 27.9 Å². The molecule has 0 saturated heterocycles. The number of esters is 1. The number of halogens is 1. The highest BCUT2D eigenvalue weighted by Gasteiger charge is 2.12. The van der Waals surface area contributed by atoms with E-state index in [1.54, 1.807) is 24.3 Å². The molecule has 2 aromatic rings. The molecular weight excluding hydrogens is 449 g/mol. The van der Waals surface area contributed by atoms with Crippen LogP contribution < -0.4 is 14.8 Å². The molecule has 3 rings (SSSR count). The molecule has 0 atom stereocenters. The molecule has 0 bridgehead atoms. The van der Waals surface area contributed by atoms with Crippen LogP contribution in [-0.2, 0) is 14.3 Å². The highest BCUT2D eigenvalue weighted by atomic mass is 127. The summed E-state index contributed by atoms with van der Waals surface area (Å²) in [6.07, 6.45) is 2.85. The zero-order valence-corrected chi connectivity index (χ0v) is 16.1. The first kappa shape index (κ1) is 18.2. The number of carbonyl (C=O) groups is 2. The number of hydrogen-bond acceptors (Lipinski definition) is 5. The number of amides is 1. The fourth-order valence-electron chi connectivity index (χ4n) is 2.32. The van der Waals surface area contributed by atoms with Gasteiger partial charge in [-0.3, -0.25) is 4.79 Å². The summed E-state index contributed by atoms with van der Waals surface area (Å²) >= 11 is 2.20. The monoisotopic (exact) mass is 465 g/mol. The van der Waals surface area contributed by atoms with Crippen LogP contribution in [0.4, 0.5) is 5.69 Å². The van der Waals surface area contributed by atoms with E-state index in [9.17, 15) is 9.59 Å². The zero-order chi connectivity index (χ0) is 18.5. The van der Waals surface area contributed by atoms with Crippen molar-refractivity contribution in [3.8, 4) is 11.5 Å². The zero-order valence-electron chi connectivity index (χ0n) is 14.0. The number of hydrogen-bond donors (Lipinski definition) is 1. The molecule has 0 saturated carbocycles. The smallest absolute Gasteiger partial charge is 0.331 e. The fourth-order valence-corrected chi connectivity index (χ4v) is 2.97. The second-order valence-electron chi connectivity index (χ2n) is 5.56. The quantitative estimate of drug-likeness (QED) is 0.416. The molecule has 1 heterocycles. The largest absolute Gasteiger partial charge is 0.454 e. The maximum absolute atomic E-state index is 11.9. The summed E-state index contributed by atoms with van der Waals surface area (Å²) in [4.78, 5) is 23.7. The van der Waals surface area contributed by atoms with E-state index < -0.39 is 5.97 Å². The summed E-state index contributed by atoms with van der Waals surface area (Å²) in [5.41, 5.74) is 2.41. The third-order valence-electron chi connectivity index (χ3n) is 3.62. The second-order valence-corrected chi connectivity index (χ2v) is 6.81. The Hall–Kier alpha value is -2.55. The van der Waals surface area contributed by atoms with Crippen molar-refractivity contribution in [1.82, 2.24) is 0 Å². The van der Waals surface area contributed by atoms with Crippen LogP contribution in [0.25, 0.3) is 6.08 Å². The van der Waals surface area contributed by atoms with Gasteiger partial charge in [0.05, 0.1) is 0 Å². The van der Waals surface area contributed by atoms with Crippen LogP contribution in [0, 0.1) is 10.5 Å². The lowest BCUT2D eigenvalue weighted by molar-refractivity contribution is -0.142. The van der Waals surface area contributed by atoms with Crippen LogP contribution in [0.3, 0.4) is 0 Å². The molecule has 0 aromatic heterocycles. The van der Waals surface area contributed by atoms with Crippen LogP contribution in [0.2, 0.25) is 0 Å². The minimum Gasteiger partial charge on any atom is -0.454 e. The first-order valence-corrected chi connectivity index (χ1v) is 8.89. The lowest BCUT2D eigenvalue weighted by Gasteiger charge is -2.08. The minimum absolute atomic E-state index is 0.194. The summed E-state index contributed by atoms with van der Waals surface area (Å²) in [7, 11) is 0. The van der Waals surface area contributed by atoms with Gasteiger partial charge in [-0.15, -0.1) is 0 Å². The molecule has 134 valence electrons. The number of rotatable bonds is 5. The highest BCUT2D eigenvalue weighted by molar-refractivity contribution is 14.1. The Labute approximate surface area is 164 Å². The summed E-state index contributed by atoms with van der Waals surface area (Å²) in [6.45, 7) is 1.74. The Bertz CT molecular complexity index is 878. The molecule has 0 aliphatic carbocycles. The van der Waals surface area contributed by atoms with Gasteiger partial charge >= 0.3 is 5.97 Å². The molecule has 0 fully saturated rings. The first-order chi connectivity index (χ1) is 12.5. The Morgan fingerprint density at radius 1 is 1.19 bits per heavy atom. The molecule has 1 amide bonds. The van der Waals surface area contributed by atoms with Crippen molar-refractivity contribution in [3.63, 3.8) is 0 Å². The van der Waals surface area contributed by atoms with Crippen molar-refractivity contribution in [2.45, 2.75) is 6.92 Å². The van der Waals surface area contributed by atoms with Gasteiger partial charge in [-0.1, -0.05) is 6.07 Å². The van der Waals surface area contributed by atoms with E-state index in [1.807, 2.05) is 25.1 Å². The Kier molecular flexibility index (Phi) is 5.77. The van der Waals surface area contributed by atoms with Crippen LogP contribution in [0.5, 0.6) is 11.5 Å². The van der Waals surface area contributed by atoms with Gasteiger partial charge in [0.25, 0.3) is 5.91 Å². The molecule has 6 nitrogen and oxygen atoms in total. The molecule has 1 aliphatic heterocycles. The van der Waals surface area contributed by atoms with E-state index in [0.29, 0.717) is 17.2 Å². The van der Waals surface area contributed by atoms with E-state index >= 15 is 0 Å². The molecule has 26 heavy (non-hydrogen) atoms. The SMILES string of the molecule is Cc1cc(I)ccc1NC(=O)COC(=O)/C=C/c1ccc2c(c1)OCO2. The Morgan fingerprint density at radius 2 is 2.00 bits per heavy atom. The summed E-state index contributed by atoms with van der Waals surface area (Å²) in [6, 6.07) is 11.0. The number of anilines is 1. The average molecular weight is 465 g/mol. The Balaban J connectivity index is 1.49. The molecule has 1 aliphatic rings. The van der Waals surface area contributed by atoms with Gasteiger partial charge < -0.3 is 19.5 Å². The van der Waals surface area contributed by atoms with Gasteiger partial charge in [-0.2, -0.15) is 0 Å². The van der Waals surface area contributed by atoms with Crippen molar-refractivity contribution in [3.05, 3.63) is 57.2 Å². The Morgan fingerprint density at radius 3 is 2.81 bits per heavy atom. The van der Waals surface area contributed by atoms with Gasteiger partial charge in [-0.25, -0.2) is 4.79 Å². The topological polar surface area (TPSA) is 73.9 Å². The summed E-state index contributed by atoms with van der Waals surface area (Å²) in [5.74, 6) is 0.316. The molecule has 2 aromatic carbocycles. The number of ether oxygens (including phenoxy) is 3. The second kappa shape index (κ2) is 8.22. The number of carbonyl (C=O) groups excluding carboxylic acids is 2. The van der Waals surface area contributed by atoms with Crippen LogP contribution >= 0.6 is 22.6 Å². The van der Waals surface area contributed by atoms with Crippen LogP contribution in [0.15, 0.2) is 42.5 Å². The van der Waals surface area contributed by atoms with Gasteiger partial charge in [0.15, 0.2) is 18.1 Å². The van der Waals surface area contributed by atoms with Crippen molar-refractivity contribution < 1.29 is 23.8 Å². The lowest BCUT2D eigenvalue weighted by Crippen LogP contribution is -2.20. The number of fused-ring (bicyclic) bond motifs is 1. The van der Waals surface area contributed by atoms with E-state index in [1.165, 1.54) is 6.08 Å². The van der Waals surface area contributed by atoms with Gasteiger partial charge in [0.1, 0.15) is 0 Å². The fraction of sp³-hybridized carbons (Fsp3) is 0.158. The van der Waals surface area contributed by atoms with Crippen molar-refractivity contribution in [2.24, 2.45) is 0 Å². The van der Waals surface area contributed by atoms with E-state index in [0.717, 1.165) is 14.7 Å². The molecule has 0 spiro atoms. The molecule has 7 heteroatoms. The summed E-state index contributed by atoms with van der Waals surface area (Å²) in [5, 5.41) is 2.72. The maximum atomic E-state index is 11.9. The van der Waals surface area contributed by atoms with Crippen molar-refractivity contribution >= 4 is 46.2 Å². The van der Waals surface area contributed by atoms with Crippen molar-refractivity contribution in [2.75, 3.05) is 18.7 Å². The number of nitrogens with one attached hydrogen (secondary N) is 1. The standard InChI is InChI=1S/C19H16INO5/c1-12-8-14(20)4-5-15(12)21-18(22)10-24-19(23)7-3-13-2-6-16-17(9-13)26-11-25-16/h2-9H,10-11H2,1H3,(H,21,22)/b7-3+. The van der Waals surface area contributed by atoms with Crippen LogP contribution in [0.1, 0.15) is 11.1 Å². The van der Waals surface area contributed by atoms with Gasteiger partial charge in [0.2, 0.25) is 6.79 Å². The molecule has 1 N–H and O–H groups in total. The minimum atomic E-state index is -0.600. The third-order valence-corrected chi connectivity index (χ3v) is 4.29. The van der Waals surface area contributed by atoms with E-state index in [-0.39, 0.29) is 19.3 Å². The third kappa shape index (κ3) is 4.75. The maximum Gasteiger partial charge on any atom is 0.331 e. The lowest BCUT2D eigenvalue weighted by atomic mass is 10.2. The summed E-state index contributed by atoms with van der Waals surface area (Å²) < 4.78 is 16.5. The van der Waals surface area contributed by atoms with E-state index in [4.69, 9.17) is 14.2 Å². The van der Waals surface area contributed by atoms with Crippen molar-refractivity contribution in [1.29, 1.82) is 0 Å². The normalized spacial score (nSPS) is 12.2. The molecule has 0 unspecified atom stereocenters. The number of benzene rings is 2. The molecular formula is C19H16INO5. The van der Waals surface area contributed by atoms with Gasteiger partial charge in [0, 0.05) is 15.3 Å². The molecule has 0 radical (unpaired) electrons. The predicted molar refractivity (Wildman–Crippen MR) is 105 cm³/mol. The first-order valence-electron chi connectivity index (χ1n) is 7.82. The number of aryl methyl sites for hydroxylation is 1. The highest BCUT2D eigenvalue weighted by Crippen LogP contribution is 2.32. The van der Waals surface area contributed by atoms with Gasteiger partial charge in [-0.05, 0) is 77.0 Å². The average Bonchev–Trinajstić information content (AvgIpc) is 3.08.